The molecule has 2 aromatic rings. The highest BCUT2D eigenvalue weighted by atomic mass is 32.2. The molecule has 1 unspecified atom stereocenters. The minimum Gasteiger partial charge on any atom is -0.366 e. The van der Waals surface area contributed by atoms with E-state index in [2.05, 4.69) is 14.7 Å². The summed E-state index contributed by atoms with van der Waals surface area (Å²) in [7, 11) is -3.86. The average Bonchev–Trinajstić information content (AvgIpc) is 2.87. The molecule has 0 bridgehead atoms. The van der Waals surface area contributed by atoms with Gasteiger partial charge in [0.25, 0.3) is 0 Å². The van der Waals surface area contributed by atoms with Crippen LogP contribution in [-0.4, -0.2) is 18.4 Å². The minimum absolute atomic E-state index is 0.292. The lowest BCUT2D eigenvalue weighted by Crippen LogP contribution is -2.30. The average molecular weight is 313 g/mol. The van der Waals surface area contributed by atoms with Crippen molar-refractivity contribution in [3.05, 3.63) is 44.8 Å². The summed E-state index contributed by atoms with van der Waals surface area (Å²) in [5, 5.41) is 0.679. The van der Waals surface area contributed by atoms with E-state index in [0.29, 0.717) is 5.01 Å². The topological polar surface area (TPSA) is 91.9 Å². The third-order valence-electron chi connectivity index (χ3n) is 2.70. The van der Waals surface area contributed by atoms with Gasteiger partial charge < -0.3 is 4.98 Å². The Morgan fingerprint density at radius 2 is 2.25 bits per heavy atom. The van der Waals surface area contributed by atoms with Gasteiger partial charge in [-0.2, -0.15) is 0 Å². The van der Waals surface area contributed by atoms with Crippen LogP contribution in [0.25, 0.3) is 0 Å². The summed E-state index contributed by atoms with van der Waals surface area (Å²) >= 11 is 1.46. The van der Waals surface area contributed by atoms with Gasteiger partial charge >= 0.3 is 0 Å². The zero-order valence-corrected chi connectivity index (χ0v) is 12.7. The van der Waals surface area contributed by atoms with E-state index in [1.807, 2.05) is 6.92 Å². The fourth-order valence-corrected chi connectivity index (χ4v) is 3.84. The molecule has 2 aromatic heterocycles. The highest BCUT2D eigenvalue weighted by molar-refractivity contribution is 7.89. The Labute approximate surface area is 121 Å². The van der Waals surface area contributed by atoms with E-state index in [4.69, 9.17) is 0 Å². The Balaban J connectivity index is 2.24. The summed E-state index contributed by atoms with van der Waals surface area (Å²) in [5.74, 6) is 0. The van der Waals surface area contributed by atoms with Crippen LogP contribution in [0.15, 0.2) is 34.3 Å². The molecule has 6 nitrogen and oxygen atoms in total. The largest absolute Gasteiger partial charge is 0.366 e. The third-order valence-corrected chi connectivity index (χ3v) is 5.59. The Kier molecular flexibility index (Phi) is 4.36. The fourth-order valence-electron chi connectivity index (χ4n) is 1.64. The van der Waals surface area contributed by atoms with Crippen LogP contribution < -0.4 is 10.2 Å². The van der Waals surface area contributed by atoms with E-state index >= 15 is 0 Å². The lowest BCUT2D eigenvalue weighted by molar-refractivity contribution is 0.565. The van der Waals surface area contributed by atoms with Crippen LogP contribution in [0, 0.1) is 0 Å². The van der Waals surface area contributed by atoms with Crippen molar-refractivity contribution in [2.75, 3.05) is 0 Å². The second kappa shape index (κ2) is 5.86. The van der Waals surface area contributed by atoms with Crippen molar-refractivity contribution < 1.29 is 8.42 Å². The molecule has 2 heterocycles. The van der Waals surface area contributed by atoms with E-state index in [0.717, 1.165) is 11.3 Å². The van der Waals surface area contributed by atoms with E-state index in [-0.39, 0.29) is 4.90 Å². The molecule has 0 aliphatic heterocycles. The highest BCUT2D eigenvalue weighted by Gasteiger charge is 2.22. The lowest BCUT2D eigenvalue weighted by Gasteiger charge is -2.11. The molecule has 0 aromatic carbocycles. The number of rotatable bonds is 5. The summed E-state index contributed by atoms with van der Waals surface area (Å²) in [5.41, 5.74) is -0.545. The first-order valence-corrected chi connectivity index (χ1v) is 8.38. The summed E-state index contributed by atoms with van der Waals surface area (Å²) in [4.78, 5) is 19.2. The Morgan fingerprint density at radius 3 is 2.85 bits per heavy atom. The van der Waals surface area contributed by atoms with Gasteiger partial charge in [-0.3, -0.25) is 4.79 Å². The molecule has 8 heteroatoms. The number of H-pyrrole nitrogens is 1. The molecule has 0 spiro atoms. The molecule has 0 aliphatic rings. The molecule has 0 radical (unpaired) electrons. The van der Waals surface area contributed by atoms with Gasteiger partial charge in [-0.15, -0.1) is 11.3 Å². The van der Waals surface area contributed by atoms with Crippen LogP contribution in [0.2, 0.25) is 0 Å². The Hall–Kier alpha value is -1.51. The second-order valence-corrected chi connectivity index (χ2v) is 7.06. The van der Waals surface area contributed by atoms with Gasteiger partial charge in [0, 0.05) is 29.5 Å². The van der Waals surface area contributed by atoms with E-state index < -0.39 is 21.5 Å². The first-order valence-electron chi connectivity index (χ1n) is 6.08. The standard InChI is InChI=1S/C12H15N3O3S2/c1-3-9-6-14-12(19-9)8(2)15-20(17,18)11-7-13-5-4-10(11)16/h4-8,15H,3H2,1-2H3,(H,13,16). The molecule has 2 rings (SSSR count). The Morgan fingerprint density at radius 1 is 1.50 bits per heavy atom. The van der Waals surface area contributed by atoms with Crippen LogP contribution in [-0.2, 0) is 16.4 Å². The SMILES string of the molecule is CCc1cnc(C(C)NS(=O)(=O)c2c[nH]ccc2=O)s1. The summed E-state index contributed by atoms with van der Waals surface area (Å²) in [6.07, 6.45) is 5.16. The first-order chi connectivity index (χ1) is 9.44. The van der Waals surface area contributed by atoms with Gasteiger partial charge in [0.15, 0.2) is 0 Å². The summed E-state index contributed by atoms with van der Waals surface area (Å²) in [6, 6.07) is 0.697. The van der Waals surface area contributed by atoms with Crippen LogP contribution in [0.1, 0.15) is 29.8 Å². The van der Waals surface area contributed by atoms with Crippen molar-refractivity contribution in [3.63, 3.8) is 0 Å². The molecule has 108 valence electrons. The van der Waals surface area contributed by atoms with Crippen LogP contribution >= 0.6 is 11.3 Å². The van der Waals surface area contributed by atoms with Gasteiger partial charge in [-0.25, -0.2) is 18.1 Å². The molecule has 0 saturated carbocycles. The highest BCUT2D eigenvalue weighted by Crippen LogP contribution is 2.21. The minimum atomic E-state index is -3.86. The second-order valence-electron chi connectivity index (χ2n) is 4.23. The normalized spacial score (nSPS) is 13.3. The van der Waals surface area contributed by atoms with E-state index in [9.17, 15) is 13.2 Å². The van der Waals surface area contributed by atoms with E-state index in [1.54, 1.807) is 13.1 Å². The molecular formula is C12H15N3O3S2. The number of hydrogen-bond donors (Lipinski definition) is 2. The van der Waals surface area contributed by atoms with Gasteiger partial charge in [-0.1, -0.05) is 6.92 Å². The quantitative estimate of drug-likeness (QED) is 0.873. The number of thiazole rings is 1. The number of nitrogens with one attached hydrogen (secondary N) is 2. The number of hydrogen-bond acceptors (Lipinski definition) is 5. The van der Waals surface area contributed by atoms with Crippen LogP contribution in [0.5, 0.6) is 0 Å². The maximum Gasteiger partial charge on any atom is 0.246 e. The van der Waals surface area contributed by atoms with Crippen molar-refractivity contribution in [2.45, 2.75) is 31.2 Å². The zero-order valence-electron chi connectivity index (χ0n) is 11.1. The monoisotopic (exact) mass is 313 g/mol. The number of sulfonamides is 1. The van der Waals surface area contributed by atoms with Crippen LogP contribution in [0.3, 0.4) is 0 Å². The van der Waals surface area contributed by atoms with Gasteiger partial charge in [0.1, 0.15) is 9.90 Å². The molecule has 0 fully saturated rings. The third kappa shape index (κ3) is 3.14. The van der Waals surface area contributed by atoms with Gasteiger partial charge in [-0.05, 0) is 13.3 Å². The number of pyridine rings is 1. The number of nitrogens with zero attached hydrogens (tertiary/aromatic N) is 1. The van der Waals surface area contributed by atoms with Crippen molar-refractivity contribution in [3.8, 4) is 0 Å². The Bertz CT molecular complexity index is 749. The number of aromatic nitrogens is 2. The van der Waals surface area contributed by atoms with Crippen molar-refractivity contribution in [1.82, 2.24) is 14.7 Å². The van der Waals surface area contributed by atoms with Crippen molar-refractivity contribution >= 4 is 21.4 Å². The predicted molar refractivity (Wildman–Crippen MR) is 77.3 cm³/mol. The zero-order chi connectivity index (χ0) is 14.8. The molecular weight excluding hydrogens is 298 g/mol. The fraction of sp³-hybridized carbons (Fsp3) is 0.333. The molecule has 0 saturated heterocycles. The first kappa shape index (κ1) is 14.9. The maximum atomic E-state index is 12.2. The van der Waals surface area contributed by atoms with Gasteiger partial charge in [0.2, 0.25) is 15.5 Å². The molecule has 0 aliphatic carbocycles. The molecule has 20 heavy (non-hydrogen) atoms. The summed E-state index contributed by atoms with van der Waals surface area (Å²) in [6.45, 7) is 3.71. The molecule has 1 atom stereocenters. The lowest BCUT2D eigenvalue weighted by atomic mass is 10.4. The predicted octanol–water partition coefficient (Wildman–Crippen LogP) is 1.43. The maximum absolute atomic E-state index is 12.2. The number of aryl methyl sites for hydroxylation is 1. The van der Waals surface area contributed by atoms with Crippen LogP contribution in [0.4, 0.5) is 0 Å². The number of aromatic amines is 1. The smallest absolute Gasteiger partial charge is 0.246 e. The van der Waals surface area contributed by atoms with Gasteiger partial charge in [0.05, 0.1) is 6.04 Å². The summed E-state index contributed by atoms with van der Waals surface area (Å²) < 4.78 is 26.8. The van der Waals surface area contributed by atoms with Crippen molar-refractivity contribution in [2.24, 2.45) is 0 Å². The molecule has 2 N–H and O–H groups in total. The van der Waals surface area contributed by atoms with E-state index in [1.165, 1.54) is 29.8 Å². The van der Waals surface area contributed by atoms with Crippen molar-refractivity contribution in [1.29, 1.82) is 0 Å². The molecule has 0 amide bonds.